The van der Waals surface area contributed by atoms with Crippen LogP contribution in [0.5, 0.6) is 0 Å². The Labute approximate surface area is 166 Å². The number of hydrogen-bond acceptors (Lipinski definition) is 7. The van der Waals surface area contributed by atoms with Gasteiger partial charge in [0.25, 0.3) is 5.91 Å². The first-order valence-electron chi connectivity index (χ1n) is 7.96. The third-order valence-corrected chi connectivity index (χ3v) is 4.46. The molecule has 1 heterocycles. The Morgan fingerprint density at radius 3 is 2.57 bits per heavy atom. The predicted octanol–water partition coefficient (Wildman–Crippen LogP) is 2.05. The minimum atomic E-state index is -3.29. The zero-order valence-electron chi connectivity index (χ0n) is 14.9. The van der Waals surface area contributed by atoms with Crippen molar-refractivity contribution < 1.29 is 22.7 Å². The number of rotatable bonds is 7. The van der Waals surface area contributed by atoms with E-state index >= 15 is 0 Å². The number of sulfone groups is 1. The summed E-state index contributed by atoms with van der Waals surface area (Å²) in [4.78, 5) is 19.8. The van der Waals surface area contributed by atoms with E-state index < -0.39 is 33.8 Å². The number of anilines is 1. The maximum atomic E-state index is 13.5. The molecule has 0 saturated carbocycles. The van der Waals surface area contributed by atoms with Crippen molar-refractivity contribution >= 4 is 33.0 Å². The summed E-state index contributed by atoms with van der Waals surface area (Å²) in [5, 5.41) is 16.1. The molecular weight excluding hydrogens is 411 g/mol. The molecule has 8 nitrogen and oxygen atoms in total. The quantitative estimate of drug-likeness (QED) is 0.577. The largest absolute Gasteiger partial charge is 0.369 e. The monoisotopic (exact) mass is 428 g/mol. The molecule has 2 atom stereocenters. The van der Waals surface area contributed by atoms with E-state index in [1.54, 1.807) is 6.92 Å². The van der Waals surface area contributed by atoms with Gasteiger partial charge in [0.2, 0.25) is 5.82 Å². The van der Waals surface area contributed by atoms with Crippen LogP contribution < -0.4 is 10.6 Å². The molecular formula is C17H18ClFN4O4S. The number of aliphatic hydroxyl groups is 1. The molecule has 0 radical (unpaired) electrons. The van der Waals surface area contributed by atoms with Crippen LogP contribution in [0.4, 0.5) is 10.1 Å². The second-order valence-electron chi connectivity index (χ2n) is 5.91. The topological polar surface area (TPSA) is 121 Å². The van der Waals surface area contributed by atoms with Crippen LogP contribution in [0.15, 0.2) is 42.1 Å². The SMILES string of the molecule is C[C@H](/C=C/S(C)(=O)=O)NC(=O)c1ncc(N[C@@H](O)c2cccc(F)c2Cl)cn1. The highest BCUT2D eigenvalue weighted by Crippen LogP contribution is 2.26. The number of nitrogens with zero attached hydrogens (tertiary/aromatic N) is 2. The average Bonchev–Trinajstić information content (AvgIpc) is 2.62. The molecule has 0 aliphatic carbocycles. The Kier molecular flexibility index (Phi) is 7.05. The fourth-order valence-corrected chi connectivity index (χ4v) is 2.82. The first-order valence-corrected chi connectivity index (χ1v) is 10.3. The number of benzene rings is 1. The number of carbonyl (C=O) groups is 1. The van der Waals surface area contributed by atoms with E-state index in [0.29, 0.717) is 0 Å². The highest BCUT2D eigenvalue weighted by atomic mass is 35.5. The first-order chi connectivity index (χ1) is 13.1. The second-order valence-corrected chi connectivity index (χ2v) is 8.21. The molecule has 1 aromatic carbocycles. The number of carbonyl (C=O) groups excluding carboxylic acids is 1. The van der Waals surface area contributed by atoms with Gasteiger partial charge in [0.1, 0.15) is 5.82 Å². The van der Waals surface area contributed by atoms with Gasteiger partial charge in [0, 0.05) is 23.3 Å². The third-order valence-electron chi connectivity index (χ3n) is 3.41. The van der Waals surface area contributed by atoms with Gasteiger partial charge in [0.05, 0.1) is 23.1 Å². The molecule has 11 heteroatoms. The van der Waals surface area contributed by atoms with Gasteiger partial charge in [-0.15, -0.1) is 0 Å². The van der Waals surface area contributed by atoms with E-state index in [4.69, 9.17) is 11.6 Å². The van der Waals surface area contributed by atoms with Crippen LogP contribution in [0, 0.1) is 5.82 Å². The van der Waals surface area contributed by atoms with Crippen LogP contribution >= 0.6 is 11.6 Å². The summed E-state index contributed by atoms with van der Waals surface area (Å²) >= 11 is 5.82. The average molecular weight is 429 g/mol. The van der Waals surface area contributed by atoms with Crippen LogP contribution in [0.2, 0.25) is 5.02 Å². The van der Waals surface area contributed by atoms with Gasteiger partial charge in [-0.3, -0.25) is 4.79 Å². The third kappa shape index (κ3) is 6.25. The molecule has 150 valence electrons. The Bertz CT molecular complexity index is 983. The molecule has 0 fully saturated rings. The summed E-state index contributed by atoms with van der Waals surface area (Å²) < 4.78 is 35.6. The number of hydrogen-bond donors (Lipinski definition) is 3. The van der Waals surface area contributed by atoms with E-state index in [1.807, 2.05) is 0 Å². The lowest BCUT2D eigenvalue weighted by Crippen LogP contribution is -2.32. The van der Waals surface area contributed by atoms with Crippen molar-refractivity contribution in [3.8, 4) is 0 Å². The molecule has 0 saturated heterocycles. The van der Waals surface area contributed by atoms with E-state index in [-0.39, 0.29) is 22.1 Å². The summed E-state index contributed by atoms with van der Waals surface area (Å²) in [6.45, 7) is 1.59. The molecule has 2 aromatic rings. The van der Waals surface area contributed by atoms with Crippen molar-refractivity contribution in [2.45, 2.75) is 19.2 Å². The zero-order chi connectivity index (χ0) is 20.9. The molecule has 0 spiro atoms. The number of nitrogens with one attached hydrogen (secondary N) is 2. The van der Waals surface area contributed by atoms with Gasteiger partial charge in [0.15, 0.2) is 16.1 Å². The number of aromatic nitrogens is 2. The van der Waals surface area contributed by atoms with Crippen LogP contribution in [0.25, 0.3) is 0 Å². The maximum Gasteiger partial charge on any atom is 0.289 e. The van der Waals surface area contributed by atoms with Gasteiger partial charge in [-0.1, -0.05) is 29.8 Å². The van der Waals surface area contributed by atoms with Crippen molar-refractivity contribution in [2.75, 3.05) is 11.6 Å². The Hall–Kier alpha value is -2.56. The Morgan fingerprint density at radius 1 is 1.32 bits per heavy atom. The normalized spacial score (nSPS) is 13.9. The summed E-state index contributed by atoms with van der Waals surface area (Å²) in [5.41, 5.74) is 0.407. The lowest BCUT2D eigenvalue weighted by Gasteiger charge is -2.15. The van der Waals surface area contributed by atoms with Gasteiger partial charge < -0.3 is 15.7 Å². The molecule has 28 heavy (non-hydrogen) atoms. The van der Waals surface area contributed by atoms with Gasteiger partial charge in [-0.05, 0) is 13.0 Å². The molecule has 2 rings (SSSR count). The maximum absolute atomic E-state index is 13.5. The van der Waals surface area contributed by atoms with Gasteiger partial charge in [-0.2, -0.15) is 0 Å². The second kappa shape index (κ2) is 9.09. The molecule has 3 N–H and O–H groups in total. The fraction of sp³-hybridized carbons (Fsp3) is 0.235. The van der Waals surface area contributed by atoms with Crippen molar-refractivity contribution in [1.82, 2.24) is 15.3 Å². The summed E-state index contributed by atoms with van der Waals surface area (Å²) in [5.74, 6) is -1.42. The number of halogens is 2. The van der Waals surface area contributed by atoms with Gasteiger partial charge >= 0.3 is 0 Å². The molecule has 0 bridgehead atoms. The van der Waals surface area contributed by atoms with Gasteiger partial charge in [-0.25, -0.2) is 22.8 Å². The van der Waals surface area contributed by atoms with E-state index in [9.17, 15) is 22.7 Å². The molecule has 0 aliphatic rings. The fourth-order valence-electron chi connectivity index (χ4n) is 2.07. The Morgan fingerprint density at radius 2 is 1.96 bits per heavy atom. The molecule has 1 amide bonds. The predicted molar refractivity (Wildman–Crippen MR) is 103 cm³/mol. The van der Waals surface area contributed by atoms with Crippen molar-refractivity contribution in [3.63, 3.8) is 0 Å². The number of aliphatic hydroxyl groups excluding tert-OH is 1. The van der Waals surface area contributed by atoms with E-state index in [0.717, 1.165) is 11.7 Å². The van der Waals surface area contributed by atoms with Crippen LogP contribution in [-0.2, 0) is 9.84 Å². The lowest BCUT2D eigenvalue weighted by atomic mass is 10.2. The van der Waals surface area contributed by atoms with Crippen LogP contribution in [0.3, 0.4) is 0 Å². The van der Waals surface area contributed by atoms with E-state index in [2.05, 4.69) is 20.6 Å². The van der Waals surface area contributed by atoms with Crippen LogP contribution in [-0.4, -0.2) is 41.7 Å². The van der Waals surface area contributed by atoms with Crippen LogP contribution in [0.1, 0.15) is 29.3 Å². The zero-order valence-corrected chi connectivity index (χ0v) is 16.5. The standard InChI is InChI=1S/C17H18ClFN4O4S/c1-10(6-7-28(2,26)27)22-17(25)15-20-8-11(9-21-15)23-16(24)12-4-3-5-13(19)14(12)18/h3-10,16,23-24H,1-2H3,(H,22,25)/b7-6+/t10-,16+/m1/s1. The first kappa shape index (κ1) is 21.7. The summed E-state index contributed by atoms with van der Waals surface area (Å²) in [6, 6.07) is 3.48. The summed E-state index contributed by atoms with van der Waals surface area (Å²) in [7, 11) is -3.29. The van der Waals surface area contributed by atoms with Crippen molar-refractivity contribution in [3.05, 3.63) is 64.3 Å². The molecule has 1 aromatic heterocycles. The number of amides is 1. The van der Waals surface area contributed by atoms with E-state index in [1.165, 1.54) is 36.7 Å². The minimum absolute atomic E-state index is 0.134. The summed E-state index contributed by atoms with van der Waals surface area (Å²) in [6.07, 6.45) is 3.57. The Balaban J connectivity index is 2.02. The highest BCUT2D eigenvalue weighted by Gasteiger charge is 2.16. The molecule has 0 unspecified atom stereocenters. The molecule has 0 aliphatic heterocycles. The lowest BCUT2D eigenvalue weighted by molar-refractivity contribution is 0.0936. The minimum Gasteiger partial charge on any atom is -0.369 e. The van der Waals surface area contributed by atoms with Crippen molar-refractivity contribution in [2.24, 2.45) is 0 Å². The van der Waals surface area contributed by atoms with Crippen molar-refractivity contribution in [1.29, 1.82) is 0 Å². The highest BCUT2D eigenvalue weighted by molar-refractivity contribution is 7.93. The smallest absolute Gasteiger partial charge is 0.289 e.